The molecule has 1 aromatic carbocycles. The Labute approximate surface area is 96.7 Å². The minimum absolute atomic E-state index is 0.818. The maximum absolute atomic E-state index is 3.41. The molecule has 0 radical (unpaired) electrons. The largest absolute Gasteiger partial charge is 0.317 e. The van der Waals surface area contributed by atoms with Gasteiger partial charge in [0, 0.05) is 10.1 Å². The zero-order chi connectivity index (χ0) is 10.5. The highest BCUT2D eigenvalue weighted by Crippen LogP contribution is 2.28. The van der Waals surface area contributed by atoms with Crippen LogP contribution in [0.15, 0.2) is 29.2 Å². The van der Waals surface area contributed by atoms with Gasteiger partial charge in [-0.05, 0) is 50.0 Å². The molecule has 0 aliphatic carbocycles. The minimum atomic E-state index is 0.818. The number of nitrogens with one attached hydrogen (secondary N) is 1. The number of piperidine rings is 1. The lowest BCUT2D eigenvalue weighted by Gasteiger charge is -2.22. The van der Waals surface area contributed by atoms with Crippen molar-refractivity contribution < 1.29 is 0 Å². The predicted molar refractivity (Wildman–Crippen MR) is 67.6 cm³/mol. The van der Waals surface area contributed by atoms with E-state index in [-0.39, 0.29) is 0 Å². The Bertz CT molecular complexity index is 288. The highest BCUT2D eigenvalue weighted by molar-refractivity contribution is 8.00. The van der Waals surface area contributed by atoms with E-state index in [1.54, 1.807) is 0 Å². The highest BCUT2D eigenvalue weighted by atomic mass is 32.2. The smallest absolute Gasteiger partial charge is 0.0118 e. The average Bonchev–Trinajstić information content (AvgIpc) is 2.31. The van der Waals surface area contributed by atoms with Crippen LogP contribution >= 0.6 is 11.8 Å². The van der Waals surface area contributed by atoms with Gasteiger partial charge >= 0.3 is 0 Å². The minimum Gasteiger partial charge on any atom is -0.317 e. The van der Waals surface area contributed by atoms with Gasteiger partial charge in [-0.3, -0.25) is 0 Å². The van der Waals surface area contributed by atoms with Gasteiger partial charge in [0.2, 0.25) is 0 Å². The van der Waals surface area contributed by atoms with E-state index >= 15 is 0 Å². The van der Waals surface area contributed by atoms with Gasteiger partial charge in [0.25, 0.3) is 0 Å². The van der Waals surface area contributed by atoms with Crippen molar-refractivity contribution in [3.05, 3.63) is 29.8 Å². The van der Waals surface area contributed by atoms with Crippen molar-refractivity contribution in [2.45, 2.75) is 36.3 Å². The van der Waals surface area contributed by atoms with Crippen LogP contribution in [0, 0.1) is 0 Å². The average molecular weight is 221 g/mol. The molecule has 1 saturated heterocycles. The zero-order valence-corrected chi connectivity index (χ0v) is 10.1. The highest BCUT2D eigenvalue weighted by Gasteiger charge is 2.13. The van der Waals surface area contributed by atoms with E-state index in [4.69, 9.17) is 0 Å². The van der Waals surface area contributed by atoms with Crippen LogP contribution in [0.5, 0.6) is 0 Å². The lowest BCUT2D eigenvalue weighted by atomic mass is 10.2. The fourth-order valence-electron chi connectivity index (χ4n) is 1.91. The maximum atomic E-state index is 3.41. The van der Waals surface area contributed by atoms with Gasteiger partial charge in [-0.2, -0.15) is 0 Å². The molecule has 82 valence electrons. The molecule has 2 rings (SSSR count). The third kappa shape index (κ3) is 3.25. The van der Waals surface area contributed by atoms with Crippen LogP contribution in [0.4, 0.5) is 0 Å². The molecule has 0 amide bonds. The van der Waals surface area contributed by atoms with Gasteiger partial charge in [0.15, 0.2) is 0 Å². The Hall–Kier alpha value is -0.470. The normalized spacial score (nSPS) is 17.9. The summed E-state index contributed by atoms with van der Waals surface area (Å²) in [6, 6.07) is 9.05. The predicted octanol–water partition coefficient (Wildman–Crippen LogP) is 3.09. The maximum Gasteiger partial charge on any atom is 0.0118 e. The summed E-state index contributed by atoms with van der Waals surface area (Å²) in [5.41, 5.74) is 1.43. The molecule has 0 atom stereocenters. The van der Waals surface area contributed by atoms with Crippen LogP contribution in [0.3, 0.4) is 0 Å². The molecule has 15 heavy (non-hydrogen) atoms. The van der Waals surface area contributed by atoms with Crippen molar-refractivity contribution in [3.8, 4) is 0 Å². The number of thioether (sulfide) groups is 1. The topological polar surface area (TPSA) is 12.0 Å². The van der Waals surface area contributed by atoms with E-state index in [1.165, 1.54) is 36.4 Å². The van der Waals surface area contributed by atoms with Crippen LogP contribution in [0.25, 0.3) is 0 Å². The van der Waals surface area contributed by atoms with E-state index in [0.29, 0.717) is 0 Å². The molecule has 0 bridgehead atoms. The molecule has 1 N–H and O–H groups in total. The molecule has 2 heteroatoms. The molecule has 0 aromatic heterocycles. The first kappa shape index (κ1) is 11.0. The molecule has 1 fully saturated rings. The first-order valence-electron chi connectivity index (χ1n) is 5.85. The van der Waals surface area contributed by atoms with Crippen molar-refractivity contribution in [1.82, 2.24) is 5.32 Å². The van der Waals surface area contributed by atoms with Crippen molar-refractivity contribution in [3.63, 3.8) is 0 Å². The summed E-state index contributed by atoms with van der Waals surface area (Å²) >= 11 is 2.04. The van der Waals surface area contributed by atoms with Gasteiger partial charge in [-0.1, -0.05) is 19.1 Å². The Balaban J connectivity index is 1.91. The number of benzene rings is 1. The molecule has 1 aliphatic heterocycles. The van der Waals surface area contributed by atoms with E-state index in [9.17, 15) is 0 Å². The van der Waals surface area contributed by atoms with Crippen molar-refractivity contribution >= 4 is 11.8 Å². The third-order valence-electron chi connectivity index (χ3n) is 2.92. The van der Waals surface area contributed by atoms with Gasteiger partial charge in [-0.25, -0.2) is 0 Å². The Morgan fingerprint density at radius 3 is 2.47 bits per heavy atom. The Kier molecular flexibility index (Phi) is 4.09. The second-order valence-corrected chi connectivity index (χ2v) is 5.44. The first-order chi connectivity index (χ1) is 7.38. The number of hydrogen-bond donors (Lipinski definition) is 1. The molecular formula is C13H19NS. The standard InChI is InChI=1S/C13H19NS/c1-2-11-3-5-12(6-4-11)15-13-7-9-14-10-8-13/h3-6,13-14H,2,7-10H2,1H3. The van der Waals surface area contributed by atoms with Crippen LogP contribution in [-0.4, -0.2) is 18.3 Å². The van der Waals surface area contributed by atoms with Crippen molar-refractivity contribution in [2.75, 3.05) is 13.1 Å². The second-order valence-electron chi connectivity index (χ2n) is 4.06. The van der Waals surface area contributed by atoms with Crippen molar-refractivity contribution in [2.24, 2.45) is 0 Å². The molecule has 1 heterocycles. The fourth-order valence-corrected chi connectivity index (χ4v) is 3.06. The number of rotatable bonds is 3. The number of aryl methyl sites for hydroxylation is 1. The molecule has 1 nitrogen and oxygen atoms in total. The Morgan fingerprint density at radius 2 is 1.87 bits per heavy atom. The SMILES string of the molecule is CCc1ccc(SC2CCNCC2)cc1. The van der Waals surface area contributed by atoms with Gasteiger partial charge < -0.3 is 5.32 Å². The van der Waals surface area contributed by atoms with Gasteiger partial charge in [0.1, 0.15) is 0 Å². The van der Waals surface area contributed by atoms with E-state index in [1.807, 2.05) is 11.8 Å². The zero-order valence-electron chi connectivity index (χ0n) is 9.33. The summed E-state index contributed by atoms with van der Waals surface area (Å²) in [6.07, 6.45) is 3.75. The van der Waals surface area contributed by atoms with Crippen LogP contribution in [0.1, 0.15) is 25.3 Å². The summed E-state index contributed by atoms with van der Waals surface area (Å²) in [5.74, 6) is 0. The van der Waals surface area contributed by atoms with Gasteiger partial charge in [0.05, 0.1) is 0 Å². The van der Waals surface area contributed by atoms with Crippen LogP contribution in [-0.2, 0) is 6.42 Å². The second kappa shape index (κ2) is 5.57. The van der Waals surface area contributed by atoms with E-state index < -0.39 is 0 Å². The Morgan fingerprint density at radius 1 is 1.20 bits per heavy atom. The lowest BCUT2D eigenvalue weighted by molar-refractivity contribution is 0.531. The molecule has 1 aromatic rings. The van der Waals surface area contributed by atoms with Crippen molar-refractivity contribution in [1.29, 1.82) is 0 Å². The van der Waals surface area contributed by atoms with Crippen LogP contribution < -0.4 is 5.32 Å². The lowest BCUT2D eigenvalue weighted by Crippen LogP contribution is -2.29. The summed E-state index contributed by atoms with van der Waals surface area (Å²) in [4.78, 5) is 1.43. The first-order valence-corrected chi connectivity index (χ1v) is 6.73. The number of hydrogen-bond acceptors (Lipinski definition) is 2. The fraction of sp³-hybridized carbons (Fsp3) is 0.538. The molecule has 0 spiro atoms. The summed E-state index contributed by atoms with van der Waals surface area (Å²) in [6.45, 7) is 4.57. The summed E-state index contributed by atoms with van der Waals surface area (Å²) in [7, 11) is 0. The molecule has 0 unspecified atom stereocenters. The molecule has 0 saturated carbocycles. The quantitative estimate of drug-likeness (QED) is 0.842. The van der Waals surface area contributed by atoms with E-state index in [2.05, 4.69) is 36.5 Å². The summed E-state index contributed by atoms with van der Waals surface area (Å²) < 4.78 is 0. The van der Waals surface area contributed by atoms with Gasteiger partial charge in [-0.15, -0.1) is 11.8 Å². The molecular weight excluding hydrogens is 202 g/mol. The van der Waals surface area contributed by atoms with E-state index in [0.717, 1.165) is 11.7 Å². The monoisotopic (exact) mass is 221 g/mol. The summed E-state index contributed by atoms with van der Waals surface area (Å²) in [5, 5.41) is 4.22. The van der Waals surface area contributed by atoms with Crippen LogP contribution in [0.2, 0.25) is 0 Å². The molecule has 1 aliphatic rings. The third-order valence-corrected chi connectivity index (χ3v) is 4.27.